The lowest BCUT2D eigenvalue weighted by atomic mass is 10.0. The van der Waals surface area contributed by atoms with Crippen LogP contribution in [0.4, 0.5) is 0 Å². The predicted octanol–water partition coefficient (Wildman–Crippen LogP) is 2.99. The Morgan fingerprint density at radius 2 is 2.05 bits per heavy atom. The van der Waals surface area contributed by atoms with Gasteiger partial charge in [0.2, 0.25) is 5.76 Å². The van der Waals surface area contributed by atoms with Gasteiger partial charge in [-0.2, -0.15) is 0 Å². The minimum atomic E-state index is -0.823. The van der Waals surface area contributed by atoms with Crippen LogP contribution >= 0.6 is 11.6 Å². The van der Waals surface area contributed by atoms with Crippen LogP contribution in [0.25, 0.3) is 0 Å². The summed E-state index contributed by atoms with van der Waals surface area (Å²) < 4.78 is 9.61. The van der Waals surface area contributed by atoms with Gasteiger partial charge in [-0.25, -0.2) is 9.59 Å². The van der Waals surface area contributed by atoms with Crippen LogP contribution in [-0.2, 0) is 19.1 Å². The van der Waals surface area contributed by atoms with Crippen LogP contribution in [0.5, 0.6) is 0 Å². The number of aliphatic hydroxyl groups excluding tert-OH is 1. The van der Waals surface area contributed by atoms with Gasteiger partial charge in [0, 0.05) is 11.5 Å². The van der Waals surface area contributed by atoms with Gasteiger partial charge < -0.3 is 14.6 Å². The molecule has 0 aromatic carbocycles. The zero-order valence-corrected chi connectivity index (χ0v) is 12.2. The third kappa shape index (κ3) is 4.89. The van der Waals surface area contributed by atoms with E-state index in [1.54, 1.807) is 6.92 Å². The van der Waals surface area contributed by atoms with E-state index in [4.69, 9.17) is 21.1 Å². The number of hydrogen-bond donors (Lipinski definition) is 1. The number of esters is 2. The predicted molar refractivity (Wildman–Crippen MR) is 74.3 cm³/mol. The summed E-state index contributed by atoms with van der Waals surface area (Å²) in [5.41, 5.74) is 0.369. The third-order valence-corrected chi connectivity index (χ3v) is 3.09. The number of unbranched alkanes of at least 4 members (excludes halogenated alkanes) is 3. The van der Waals surface area contributed by atoms with Gasteiger partial charge in [-0.3, -0.25) is 0 Å². The van der Waals surface area contributed by atoms with Crippen LogP contribution in [0.15, 0.2) is 23.2 Å². The van der Waals surface area contributed by atoms with Gasteiger partial charge in [-0.1, -0.05) is 12.8 Å². The van der Waals surface area contributed by atoms with E-state index in [-0.39, 0.29) is 12.4 Å². The summed E-state index contributed by atoms with van der Waals surface area (Å²) in [5, 5.41) is 9.66. The highest BCUT2D eigenvalue weighted by Gasteiger charge is 2.29. The number of hydrogen-bond acceptors (Lipinski definition) is 5. The van der Waals surface area contributed by atoms with Crippen molar-refractivity contribution in [1.82, 2.24) is 0 Å². The van der Waals surface area contributed by atoms with Gasteiger partial charge >= 0.3 is 11.9 Å². The lowest BCUT2D eigenvalue weighted by molar-refractivity contribution is -0.137. The molecular weight excluding hydrogens is 284 g/mol. The number of alkyl halides is 1. The molecule has 1 rings (SSSR count). The number of cyclic esters (lactones) is 1. The van der Waals surface area contributed by atoms with E-state index in [1.807, 2.05) is 0 Å². The molecule has 0 aromatic rings. The summed E-state index contributed by atoms with van der Waals surface area (Å²) in [6, 6.07) is 0. The topological polar surface area (TPSA) is 72.8 Å². The van der Waals surface area contributed by atoms with Crippen molar-refractivity contribution in [2.24, 2.45) is 0 Å². The molecule has 20 heavy (non-hydrogen) atoms. The number of allylic oxidation sites excluding steroid dienone is 1. The van der Waals surface area contributed by atoms with Gasteiger partial charge in [0.15, 0.2) is 0 Å². The molecule has 0 aromatic heterocycles. The number of rotatable bonds is 8. The second-order valence-corrected chi connectivity index (χ2v) is 4.71. The van der Waals surface area contributed by atoms with Crippen LogP contribution in [0, 0.1) is 0 Å². The van der Waals surface area contributed by atoms with Crippen molar-refractivity contribution >= 4 is 23.5 Å². The van der Waals surface area contributed by atoms with Gasteiger partial charge in [0.25, 0.3) is 0 Å². The Morgan fingerprint density at radius 3 is 2.70 bits per heavy atom. The maximum atomic E-state index is 11.4. The van der Waals surface area contributed by atoms with Crippen molar-refractivity contribution in [3.63, 3.8) is 0 Å². The molecule has 112 valence electrons. The Bertz CT molecular complexity index is 425. The highest BCUT2D eigenvalue weighted by Crippen LogP contribution is 2.29. The summed E-state index contributed by atoms with van der Waals surface area (Å²) in [6.45, 7) is 1.92. The Hall–Kier alpha value is -1.49. The maximum Gasteiger partial charge on any atom is 0.379 e. The molecule has 0 bridgehead atoms. The molecule has 5 nitrogen and oxygen atoms in total. The van der Waals surface area contributed by atoms with E-state index < -0.39 is 17.7 Å². The van der Waals surface area contributed by atoms with Crippen molar-refractivity contribution in [3.8, 4) is 0 Å². The molecule has 0 radical (unpaired) electrons. The van der Waals surface area contributed by atoms with Crippen molar-refractivity contribution in [2.45, 2.75) is 39.0 Å². The van der Waals surface area contributed by atoms with Gasteiger partial charge in [-0.15, -0.1) is 11.6 Å². The monoisotopic (exact) mass is 302 g/mol. The zero-order valence-electron chi connectivity index (χ0n) is 11.5. The van der Waals surface area contributed by atoms with Crippen LogP contribution in [-0.4, -0.2) is 29.5 Å². The van der Waals surface area contributed by atoms with Gasteiger partial charge in [0.05, 0.1) is 12.7 Å². The first-order valence-corrected chi connectivity index (χ1v) is 7.22. The first kappa shape index (κ1) is 16.6. The van der Waals surface area contributed by atoms with E-state index in [9.17, 15) is 14.7 Å². The molecule has 0 aliphatic carbocycles. The molecule has 0 saturated carbocycles. The first-order valence-electron chi connectivity index (χ1n) is 6.69. The molecule has 0 unspecified atom stereocenters. The average molecular weight is 303 g/mol. The molecule has 0 spiro atoms. The average Bonchev–Trinajstić information content (AvgIpc) is 2.66. The SMILES string of the molecule is CCOC(=O)/C=C1\OC(=O)C(O)=C1CCCCCCCl. The van der Waals surface area contributed by atoms with E-state index in [1.165, 1.54) is 0 Å². The molecule has 1 aliphatic heterocycles. The van der Waals surface area contributed by atoms with Crippen molar-refractivity contribution in [1.29, 1.82) is 0 Å². The standard InChI is InChI=1S/C14H19ClO5/c1-2-19-12(16)9-11-10(13(17)14(18)20-11)7-5-3-4-6-8-15/h9,17H,2-8H2,1H3/b11-9-. The molecular formula is C14H19ClO5. The highest BCUT2D eigenvalue weighted by molar-refractivity contribution is 6.17. The fraction of sp³-hybridized carbons (Fsp3) is 0.571. The quantitative estimate of drug-likeness (QED) is 0.323. The van der Waals surface area contributed by atoms with E-state index in [2.05, 4.69) is 0 Å². The van der Waals surface area contributed by atoms with Crippen LogP contribution in [0.3, 0.4) is 0 Å². The second kappa shape index (κ2) is 8.64. The largest absolute Gasteiger partial charge is 0.502 e. The third-order valence-electron chi connectivity index (χ3n) is 2.83. The Morgan fingerprint density at radius 1 is 1.35 bits per heavy atom. The summed E-state index contributed by atoms with van der Waals surface area (Å²) in [5.74, 6) is -1.12. The summed E-state index contributed by atoms with van der Waals surface area (Å²) >= 11 is 5.59. The molecule has 1 aliphatic rings. The maximum absolute atomic E-state index is 11.4. The highest BCUT2D eigenvalue weighted by atomic mass is 35.5. The first-order chi connectivity index (χ1) is 9.60. The Balaban J connectivity index is 2.62. The van der Waals surface area contributed by atoms with Crippen molar-refractivity contribution in [3.05, 3.63) is 23.2 Å². The van der Waals surface area contributed by atoms with E-state index in [0.29, 0.717) is 17.9 Å². The minimum Gasteiger partial charge on any atom is -0.502 e. The van der Waals surface area contributed by atoms with E-state index >= 15 is 0 Å². The van der Waals surface area contributed by atoms with Crippen molar-refractivity contribution < 1.29 is 24.2 Å². The number of carbonyl (C=O) groups is 2. The van der Waals surface area contributed by atoms with Crippen molar-refractivity contribution in [2.75, 3.05) is 12.5 Å². The fourth-order valence-electron chi connectivity index (χ4n) is 1.85. The Kier molecular flexibility index (Phi) is 7.15. The Labute approximate surface area is 123 Å². The lowest BCUT2D eigenvalue weighted by Gasteiger charge is -2.04. The number of aliphatic hydroxyl groups is 1. The van der Waals surface area contributed by atoms with Gasteiger partial charge in [-0.05, 0) is 26.2 Å². The molecule has 0 saturated heterocycles. The normalized spacial score (nSPS) is 16.7. The fourth-order valence-corrected chi connectivity index (χ4v) is 2.04. The molecule has 1 heterocycles. The smallest absolute Gasteiger partial charge is 0.379 e. The van der Waals surface area contributed by atoms with Crippen LogP contribution < -0.4 is 0 Å². The molecule has 6 heteroatoms. The molecule has 1 N–H and O–H groups in total. The van der Waals surface area contributed by atoms with E-state index in [0.717, 1.165) is 31.8 Å². The summed E-state index contributed by atoms with van der Waals surface area (Å²) in [4.78, 5) is 22.7. The van der Waals surface area contributed by atoms with Gasteiger partial charge in [0.1, 0.15) is 5.76 Å². The summed E-state index contributed by atoms with van der Waals surface area (Å²) in [7, 11) is 0. The molecule has 0 fully saturated rings. The number of carbonyl (C=O) groups excluding carboxylic acids is 2. The summed E-state index contributed by atoms with van der Waals surface area (Å²) in [6.07, 6.45) is 5.22. The molecule has 0 atom stereocenters. The number of halogens is 1. The lowest BCUT2D eigenvalue weighted by Crippen LogP contribution is -2.03. The second-order valence-electron chi connectivity index (χ2n) is 4.33. The van der Waals surface area contributed by atoms with Crippen LogP contribution in [0.2, 0.25) is 0 Å². The zero-order chi connectivity index (χ0) is 15.0. The minimum absolute atomic E-state index is 0.0864. The number of ether oxygens (including phenoxy) is 2. The van der Waals surface area contributed by atoms with Crippen LogP contribution in [0.1, 0.15) is 39.0 Å². The molecule has 0 amide bonds.